The number of esters is 3. The highest BCUT2D eigenvalue weighted by atomic mass is 16.5. The third-order valence-electron chi connectivity index (χ3n) is 6.88. The van der Waals surface area contributed by atoms with Crippen molar-refractivity contribution in [1.82, 2.24) is 0 Å². The topological polar surface area (TPSA) is 82.1 Å². The fraction of sp³-hybridized carbons (Fsp3) is 0. The van der Waals surface area contributed by atoms with Crippen molar-refractivity contribution in [1.29, 1.82) is 0 Å². The summed E-state index contributed by atoms with van der Waals surface area (Å²) in [5, 5.41) is 0. The highest BCUT2D eigenvalue weighted by Gasteiger charge is 2.14. The van der Waals surface area contributed by atoms with E-state index < -0.39 is 17.9 Å². The van der Waals surface area contributed by atoms with Gasteiger partial charge in [-0.15, -0.1) is 0 Å². The van der Waals surface area contributed by atoms with Gasteiger partial charge in [-0.3, -0.25) is 0 Å². The summed E-state index contributed by atoms with van der Waals surface area (Å²) >= 11 is 0. The second kappa shape index (κ2) is 14.3. The zero-order valence-corrected chi connectivity index (χ0v) is 24.8. The van der Waals surface area contributed by atoms with E-state index in [1.807, 2.05) is 84.9 Å². The zero-order chi connectivity index (χ0) is 32.5. The number of hydrogen-bond acceptors (Lipinski definition) is 7. The Morgan fingerprint density at radius 1 is 0.391 bits per heavy atom. The van der Waals surface area contributed by atoms with Crippen molar-refractivity contribution in [3.63, 3.8) is 0 Å². The normalized spacial score (nSPS) is 10.3. The van der Waals surface area contributed by atoms with Crippen molar-refractivity contribution in [3.8, 4) is 39.5 Å². The van der Waals surface area contributed by atoms with Crippen LogP contribution in [0.4, 0.5) is 17.1 Å². The molecule has 0 spiro atoms. The molecule has 7 heteroatoms. The Bertz CT molecular complexity index is 1760. The summed E-state index contributed by atoms with van der Waals surface area (Å²) in [6.07, 6.45) is 3.36. The molecule has 0 bridgehead atoms. The van der Waals surface area contributed by atoms with E-state index in [0.717, 1.165) is 57.5 Å². The number of nitrogens with zero attached hydrogens (tertiary/aromatic N) is 1. The molecule has 0 radical (unpaired) electrons. The molecular weight excluding hydrogens is 578 g/mol. The van der Waals surface area contributed by atoms with Crippen LogP contribution in [0.25, 0.3) is 22.3 Å². The van der Waals surface area contributed by atoms with Crippen molar-refractivity contribution in [3.05, 3.63) is 159 Å². The lowest BCUT2D eigenvalue weighted by molar-refractivity contribution is -0.129. The number of carbonyl (C=O) groups excluding carboxylic acids is 3. The fourth-order valence-electron chi connectivity index (χ4n) is 4.62. The van der Waals surface area contributed by atoms with E-state index >= 15 is 0 Å². The van der Waals surface area contributed by atoms with Crippen LogP contribution in [0.5, 0.6) is 17.2 Å². The van der Waals surface area contributed by atoms with Crippen LogP contribution in [0.3, 0.4) is 0 Å². The first kappa shape index (κ1) is 31.0. The van der Waals surface area contributed by atoms with Gasteiger partial charge in [-0.25, -0.2) is 14.4 Å². The van der Waals surface area contributed by atoms with E-state index in [1.165, 1.54) is 0 Å². The van der Waals surface area contributed by atoms with Crippen LogP contribution in [0.15, 0.2) is 159 Å². The first-order valence-corrected chi connectivity index (χ1v) is 14.2. The molecule has 0 N–H and O–H groups in total. The van der Waals surface area contributed by atoms with Crippen LogP contribution in [0, 0.1) is 0 Å². The first-order valence-electron chi connectivity index (χ1n) is 14.2. The molecule has 5 rings (SSSR count). The lowest BCUT2D eigenvalue weighted by Gasteiger charge is -2.26. The third-order valence-corrected chi connectivity index (χ3v) is 6.88. The highest BCUT2D eigenvalue weighted by molar-refractivity contribution is 5.85. The van der Waals surface area contributed by atoms with Crippen LogP contribution < -0.4 is 19.1 Å². The molecule has 0 heterocycles. The minimum Gasteiger partial charge on any atom is -0.423 e. The van der Waals surface area contributed by atoms with E-state index in [4.69, 9.17) is 14.2 Å². The predicted octanol–water partition coefficient (Wildman–Crippen LogP) is 8.76. The summed E-state index contributed by atoms with van der Waals surface area (Å²) in [6, 6.07) is 37.8. The minimum atomic E-state index is -0.533. The number of hydrogen-bond donors (Lipinski definition) is 0. The molecule has 5 aromatic carbocycles. The number of anilines is 3. The molecule has 0 aliphatic rings. The second-order valence-electron chi connectivity index (χ2n) is 9.85. The van der Waals surface area contributed by atoms with Gasteiger partial charge in [0, 0.05) is 35.3 Å². The summed E-state index contributed by atoms with van der Waals surface area (Å²) < 4.78 is 15.6. The maximum atomic E-state index is 11.7. The largest absolute Gasteiger partial charge is 0.423 e. The Balaban J connectivity index is 1.44. The van der Waals surface area contributed by atoms with E-state index in [9.17, 15) is 14.4 Å². The summed E-state index contributed by atoms with van der Waals surface area (Å²) in [5.41, 5.74) is 6.53. The summed E-state index contributed by atoms with van der Waals surface area (Å²) in [6.45, 7) is 10.3. The van der Waals surface area contributed by atoms with Crippen LogP contribution >= 0.6 is 0 Å². The highest BCUT2D eigenvalue weighted by Crippen LogP contribution is 2.37. The lowest BCUT2D eigenvalue weighted by Crippen LogP contribution is -2.10. The number of ether oxygens (including phenoxy) is 3. The lowest BCUT2D eigenvalue weighted by atomic mass is 10.0. The van der Waals surface area contributed by atoms with E-state index in [1.54, 1.807) is 36.4 Å². The third kappa shape index (κ3) is 7.53. The molecule has 0 unspecified atom stereocenters. The van der Waals surface area contributed by atoms with Gasteiger partial charge in [0.15, 0.2) is 0 Å². The van der Waals surface area contributed by atoms with Gasteiger partial charge in [0.1, 0.15) is 17.2 Å². The van der Waals surface area contributed by atoms with Crippen LogP contribution in [0.1, 0.15) is 0 Å². The summed E-state index contributed by atoms with van der Waals surface area (Å²) in [4.78, 5) is 36.8. The average molecular weight is 608 g/mol. The van der Waals surface area contributed by atoms with Crippen LogP contribution in [0.2, 0.25) is 0 Å². The van der Waals surface area contributed by atoms with Crippen molar-refractivity contribution in [2.24, 2.45) is 0 Å². The molecule has 0 saturated heterocycles. The summed E-state index contributed by atoms with van der Waals surface area (Å²) in [7, 11) is 0. The zero-order valence-electron chi connectivity index (χ0n) is 24.8. The Morgan fingerprint density at radius 2 is 0.609 bits per heavy atom. The molecule has 0 aliphatic carbocycles. The molecule has 7 nitrogen and oxygen atoms in total. The van der Waals surface area contributed by atoms with Crippen LogP contribution in [-0.2, 0) is 14.4 Å². The van der Waals surface area contributed by atoms with E-state index in [2.05, 4.69) is 24.6 Å². The van der Waals surface area contributed by atoms with Gasteiger partial charge in [-0.1, -0.05) is 68.3 Å². The monoisotopic (exact) mass is 607 g/mol. The van der Waals surface area contributed by atoms with Gasteiger partial charge in [0.25, 0.3) is 0 Å². The van der Waals surface area contributed by atoms with Gasteiger partial charge in [0.05, 0.1) is 0 Å². The van der Waals surface area contributed by atoms with Gasteiger partial charge in [-0.05, 0) is 95.1 Å². The fourth-order valence-corrected chi connectivity index (χ4v) is 4.62. The molecule has 0 fully saturated rings. The first-order chi connectivity index (χ1) is 22.4. The molecule has 226 valence electrons. The standard InChI is InChI=1S/C39H29NO6/c1-4-37(41)44-34-21-11-29(12-22-34)27-7-15-31(16-8-27)40(33-19-25-36(26-20-33)46-39(43)6-3)32-17-9-28(10-18-32)30-13-23-35(24-14-30)45-38(42)5-2/h4-26H,1-3H2. The maximum absolute atomic E-state index is 11.7. The minimum absolute atomic E-state index is 0.406. The second-order valence-corrected chi connectivity index (χ2v) is 9.85. The van der Waals surface area contributed by atoms with Gasteiger partial charge in [0.2, 0.25) is 0 Å². The molecule has 0 saturated carbocycles. The molecule has 0 aliphatic heterocycles. The van der Waals surface area contributed by atoms with Gasteiger partial charge in [-0.2, -0.15) is 0 Å². The van der Waals surface area contributed by atoms with Crippen molar-refractivity contribution in [2.75, 3.05) is 4.90 Å². The Kier molecular flexibility index (Phi) is 9.65. The average Bonchev–Trinajstić information content (AvgIpc) is 3.10. The molecule has 0 amide bonds. The number of rotatable bonds is 11. The SMILES string of the molecule is C=CC(=O)Oc1ccc(-c2ccc(N(c3ccc(OC(=O)C=C)cc3)c3ccc(-c4ccc(OC(=O)C=C)cc4)cc3)cc2)cc1. The Morgan fingerprint density at radius 3 is 0.870 bits per heavy atom. The number of benzene rings is 5. The Labute approximate surface area is 266 Å². The molecule has 0 aromatic heterocycles. The predicted molar refractivity (Wildman–Crippen MR) is 179 cm³/mol. The van der Waals surface area contributed by atoms with Crippen LogP contribution in [-0.4, -0.2) is 17.9 Å². The quantitative estimate of drug-likeness (QED) is 0.0843. The van der Waals surface area contributed by atoms with Gasteiger partial charge >= 0.3 is 17.9 Å². The Hall–Kier alpha value is -6.47. The van der Waals surface area contributed by atoms with Crippen molar-refractivity contribution in [2.45, 2.75) is 0 Å². The molecule has 0 atom stereocenters. The van der Waals surface area contributed by atoms with Crippen molar-refractivity contribution < 1.29 is 28.6 Å². The smallest absolute Gasteiger partial charge is 0.335 e. The number of carbonyl (C=O) groups is 3. The van der Waals surface area contributed by atoms with Crippen molar-refractivity contribution >= 4 is 35.0 Å². The molecule has 5 aromatic rings. The van der Waals surface area contributed by atoms with Gasteiger partial charge < -0.3 is 19.1 Å². The van der Waals surface area contributed by atoms with E-state index in [0.29, 0.717) is 17.2 Å². The van der Waals surface area contributed by atoms with E-state index in [-0.39, 0.29) is 0 Å². The molecule has 46 heavy (non-hydrogen) atoms. The molecular formula is C39H29NO6. The maximum Gasteiger partial charge on any atom is 0.335 e. The summed E-state index contributed by atoms with van der Waals surface area (Å²) in [5.74, 6) is -0.273.